The van der Waals surface area contributed by atoms with Crippen molar-refractivity contribution in [2.24, 2.45) is 0 Å². The summed E-state index contributed by atoms with van der Waals surface area (Å²) >= 11 is 0. The molecule has 0 saturated carbocycles. The van der Waals surface area contributed by atoms with Crippen LogP contribution in [0, 0.1) is 0 Å². The summed E-state index contributed by atoms with van der Waals surface area (Å²) in [6.07, 6.45) is 0.480. The van der Waals surface area contributed by atoms with E-state index < -0.39 is 12.2 Å². The number of piperidine rings is 1. The minimum Gasteiger partial charge on any atom is -0.397 e. The fraction of sp³-hybridized carbons (Fsp3) is 0.423. The number of fused-ring (bicyclic) bond motifs is 1. The molecule has 204 valence electrons. The van der Waals surface area contributed by atoms with Crippen LogP contribution in [0.3, 0.4) is 0 Å². The second kappa shape index (κ2) is 10.7. The SMILES string of the molecule is CN1CCC(N(c2ccc(N)cn2)c2nc(N3CCOCC3)nc(-n3c(C(F)F)nc4ccccc43)n2)CC1. The summed E-state index contributed by atoms with van der Waals surface area (Å²) < 4.78 is 35.4. The first-order valence-electron chi connectivity index (χ1n) is 13.0. The predicted molar refractivity (Wildman–Crippen MR) is 144 cm³/mol. The molecule has 11 nitrogen and oxygen atoms in total. The third-order valence-electron chi connectivity index (χ3n) is 7.16. The van der Waals surface area contributed by atoms with Gasteiger partial charge in [0.1, 0.15) is 5.82 Å². The summed E-state index contributed by atoms with van der Waals surface area (Å²) in [5.41, 5.74) is 7.42. The highest BCUT2D eigenvalue weighted by molar-refractivity contribution is 5.77. The van der Waals surface area contributed by atoms with Crippen LogP contribution < -0.4 is 15.5 Å². The molecule has 39 heavy (non-hydrogen) atoms. The van der Waals surface area contributed by atoms with Gasteiger partial charge in [-0.3, -0.25) is 9.47 Å². The quantitative estimate of drug-likeness (QED) is 0.394. The number of aromatic nitrogens is 6. The van der Waals surface area contributed by atoms with Gasteiger partial charge in [-0.1, -0.05) is 12.1 Å². The maximum absolute atomic E-state index is 14.3. The molecule has 0 bridgehead atoms. The fourth-order valence-corrected chi connectivity index (χ4v) is 5.10. The lowest BCUT2D eigenvalue weighted by molar-refractivity contribution is 0.122. The second-order valence-electron chi connectivity index (χ2n) is 9.78. The van der Waals surface area contributed by atoms with Gasteiger partial charge < -0.3 is 20.3 Å². The first-order chi connectivity index (χ1) is 19.0. The number of nitrogen functional groups attached to an aromatic ring is 1. The zero-order valence-electron chi connectivity index (χ0n) is 21.6. The number of imidazole rings is 1. The molecular formula is C26H30F2N10O. The van der Waals surface area contributed by atoms with E-state index in [4.69, 9.17) is 25.4 Å². The topological polar surface area (TPSA) is 114 Å². The Morgan fingerprint density at radius 2 is 1.69 bits per heavy atom. The van der Waals surface area contributed by atoms with Crippen LogP contribution in [0.4, 0.5) is 32.2 Å². The molecule has 2 saturated heterocycles. The Hall–Kier alpha value is -3.97. The Labute approximate surface area is 224 Å². The number of likely N-dealkylation sites (tertiary alicyclic amines) is 1. The Morgan fingerprint density at radius 1 is 0.949 bits per heavy atom. The summed E-state index contributed by atoms with van der Waals surface area (Å²) in [5, 5.41) is 0. The number of para-hydroxylation sites is 2. The number of hydrogen-bond acceptors (Lipinski definition) is 10. The van der Waals surface area contributed by atoms with E-state index >= 15 is 0 Å². The Kier molecular flexibility index (Phi) is 6.92. The Morgan fingerprint density at radius 3 is 2.41 bits per heavy atom. The Bertz CT molecular complexity index is 1430. The number of nitrogens with two attached hydrogens (primary N) is 1. The number of pyridine rings is 1. The molecule has 0 atom stereocenters. The van der Waals surface area contributed by atoms with E-state index in [-0.39, 0.29) is 12.0 Å². The molecule has 2 fully saturated rings. The van der Waals surface area contributed by atoms with Crippen LogP contribution in [0.25, 0.3) is 17.0 Å². The third kappa shape index (κ3) is 5.06. The van der Waals surface area contributed by atoms with Gasteiger partial charge in [0.2, 0.25) is 17.8 Å². The van der Waals surface area contributed by atoms with E-state index in [0.717, 1.165) is 25.9 Å². The van der Waals surface area contributed by atoms with Crippen molar-refractivity contribution >= 4 is 34.4 Å². The summed E-state index contributed by atoms with van der Waals surface area (Å²) in [6.45, 7) is 3.97. The summed E-state index contributed by atoms with van der Waals surface area (Å²) in [4.78, 5) is 29.4. The van der Waals surface area contributed by atoms with E-state index in [1.165, 1.54) is 4.57 Å². The number of ether oxygens (including phenoxy) is 1. The number of benzene rings is 1. The molecule has 13 heteroatoms. The molecule has 0 radical (unpaired) electrons. The molecule has 0 unspecified atom stereocenters. The lowest BCUT2D eigenvalue weighted by Gasteiger charge is -2.37. The van der Waals surface area contributed by atoms with Crippen LogP contribution in [0.2, 0.25) is 0 Å². The van der Waals surface area contributed by atoms with Crippen LogP contribution in [-0.4, -0.2) is 86.9 Å². The van der Waals surface area contributed by atoms with E-state index in [1.54, 1.807) is 36.5 Å². The number of morpholine rings is 1. The maximum atomic E-state index is 14.3. The zero-order valence-corrected chi connectivity index (χ0v) is 21.6. The van der Waals surface area contributed by atoms with Crippen molar-refractivity contribution in [3.8, 4) is 5.95 Å². The van der Waals surface area contributed by atoms with Gasteiger partial charge in [0.15, 0.2) is 5.82 Å². The Balaban J connectivity index is 1.55. The molecule has 5 heterocycles. The van der Waals surface area contributed by atoms with Crippen LogP contribution in [0.1, 0.15) is 25.1 Å². The van der Waals surface area contributed by atoms with Gasteiger partial charge in [0.25, 0.3) is 6.43 Å². The summed E-state index contributed by atoms with van der Waals surface area (Å²) in [7, 11) is 2.09. The van der Waals surface area contributed by atoms with E-state index in [0.29, 0.717) is 60.7 Å². The van der Waals surface area contributed by atoms with Crippen molar-refractivity contribution in [3.05, 3.63) is 48.4 Å². The van der Waals surface area contributed by atoms with E-state index in [2.05, 4.69) is 21.9 Å². The number of hydrogen-bond donors (Lipinski definition) is 1. The molecule has 4 aromatic rings. The largest absolute Gasteiger partial charge is 0.397 e. The van der Waals surface area contributed by atoms with Gasteiger partial charge >= 0.3 is 0 Å². The van der Waals surface area contributed by atoms with Gasteiger partial charge in [-0.05, 0) is 57.2 Å². The first kappa shape index (κ1) is 25.3. The van der Waals surface area contributed by atoms with Gasteiger partial charge in [-0.2, -0.15) is 15.0 Å². The van der Waals surface area contributed by atoms with Crippen LogP contribution in [-0.2, 0) is 4.74 Å². The zero-order chi connectivity index (χ0) is 26.9. The van der Waals surface area contributed by atoms with Crippen molar-refractivity contribution in [3.63, 3.8) is 0 Å². The molecule has 2 N–H and O–H groups in total. The maximum Gasteiger partial charge on any atom is 0.296 e. The molecule has 3 aromatic heterocycles. The van der Waals surface area contributed by atoms with Crippen molar-refractivity contribution in [1.82, 2.24) is 34.4 Å². The van der Waals surface area contributed by atoms with Crippen LogP contribution in [0.5, 0.6) is 0 Å². The number of nitrogens with zero attached hydrogens (tertiary/aromatic N) is 9. The minimum atomic E-state index is -2.83. The fourth-order valence-electron chi connectivity index (χ4n) is 5.10. The van der Waals surface area contributed by atoms with E-state index in [1.807, 2.05) is 15.9 Å². The lowest BCUT2D eigenvalue weighted by atomic mass is 10.0. The molecule has 2 aliphatic heterocycles. The monoisotopic (exact) mass is 536 g/mol. The number of alkyl halides is 2. The lowest BCUT2D eigenvalue weighted by Crippen LogP contribution is -2.43. The molecular weight excluding hydrogens is 506 g/mol. The molecule has 1 aromatic carbocycles. The standard InChI is InChI=1S/C26H30F2N10O/c1-35-10-8-18(9-11-35)37(21-7-6-17(29)16-30-21)25-32-24(36-12-14-39-15-13-36)33-26(34-25)38-20-5-3-2-4-19(20)31-23(38)22(27)28/h2-7,16,18,22H,8-15,29H2,1H3. The molecule has 0 aliphatic carbocycles. The van der Waals surface area contributed by atoms with Gasteiger partial charge in [0, 0.05) is 19.1 Å². The van der Waals surface area contributed by atoms with Gasteiger partial charge in [-0.25, -0.2) is 18.7 Å². The van der Waals surface area contributed by atoms with Gasteiger partial charge in [0.05, 0.1) is 36.1 Å². The second-order valence-corrected chi connectivity index (χ2v) is 9.78. The van der Waals surface area contributed by atoms with Crippen molar-refractivity contribution in [2.45, 2.75) is 25.3 Å². The van der Waals surface area contributed by atoms with Crippen LogP contribution in [0.15, 0.2) is 42.6 Å². The van der Waals surface area contributed by atoms with Crippen molar-refractivity contribution in [2.75, 3.05) is 62.0 Å². The van der Waals surface area contributed by atoms with E-state index in [9.17, 15) is 8.78 Å². The molecule has 0 spiro atoms. The molecule has 0 amide bonds. The number of halogens is 2. The molecule has 6 rings (SSSR count). The predicted octanol–water partition coefficient (Wildman–Crippen LogP) is 3.19. The number of rotatable bonds is 6. The number of anilines is 4. The third-order valence-corrected chi connectivity index (χ3v) is 7.16. The normalized spacial score (nSPS) is 17.3. The van der Waals surface area contributed by atoms with Crippen molar-refractivity contribution in [1.29, 1.82) is 0 Å². The van der Waals surface area contributed by atoms with Crippen molar-refractivity contribution < 1.29 is 13.5 Å². The summed E-state index contributed by atoms with van der Waals surface area (Å²) in [6, 6.07) is 10.6. The smallest absolute Gasteiger partial charge is 0.296 e. The summed E-state index contributed by atoms with van der Waals surface area (Å²) in [5.74, 6) is 1.03. The highest BCUT2D eigenvalue weighted by Crippen LogP contribution is 2.32. The van der Waals surface area contributed by atoms with Gasteiger partial charge in [-0.15, -0.1) is 0 Å². The highest BCUT2D eigenvalue weighted by atomic mass is 19.3. The van der Waals surface area contributed by atoms with Crippen LogP contribution >= 0.6 is 0 Å². The average Bonchev–Trinajstić information content (AvgIpc) is 3.36. The highest BCUT2D eigenvalue weighted by Gasteiger charge is 2.31. The minimum absolute atomic E-state index is 0.0409. The first-order valence-corrected chi connectivity index (χ1v) is 13.0. The molecule has 2 aliphatic rings. The average molecular weight is 537 g/mol.